The second kappa shape index (κ2) is 6.68. The molecule has 5 nitrogen and oxygen atoms in total. The minimum absolute atomic E-state index is 0.136. The second-order valence-electron chi connectivity index (χ2n) is 4.89. The van der Waals surface area contributed by atoms with E-state index in [1.807, 2.05) is 7.05 Å². The highest BCUT2D eigenvalue weighted by Crippen LogP contribution is 2.17. The van der Waals surface area contributed by atoms with Gasteiger partial charge < -0.3 is 10.6 Å². The summed E-state index contributed by atoms with van der Waals surface area (Å²) in [6, 6.07) is 0.136. The Bertz CT molecular complexity index is 319. The first-order chi connectivity index (χ1) is 7.97. The van der Waals surface area contributed by atoms with E-state index in [2.05, 4.69) is 4.90 Å². The summed E-state index contributed by atoms with van der Waals surface area (Å²) in [5, 5.41) is 0. The Morgan fingerprint density at radius 3 is 2.71 bits per heavy atom. The van der Waals surface area contributed by atoms with Crippen molar-refractivity contribution in [1.82, 2.24) is 9.21 Å². The molecule has 1 unspecified atom stereocenters. The van der Waals surface area contributed by atoms with Gasteiger partial charge in [-0.15, -0.1) is 0 Å². The fraction of sp³-hybridized carbons (Fsp3) is 1.00. The van der Waals surface area contributed by atoms with E-state index in [-0.39, 0.29) is 11.8 Å². The van der Waals surface area contributed by atoms with Crippen LogP contribution in [-0.2, 0) is 10.0 Å². The van der Waals surface area contributed by atoms with Crippen molar-refractivity contribution in [2.45, 2.75) is 31.7 Å². The average molecular weight is 263 g/mol. The Morgan fingerprint density at radius 2 is 2.12 bits per heavy atom. The second-order valence-corrected chi connectivity index (χ2v) is 7.03. The molecule has 1 fully saturated rings. The van der Waals surface area contributed by atoms with Crippen LogP contribution in [0.5, 0.6) is 0 Å². The Kier molecular flexibility index (Phi) is 5.85. The van der Waals surface area contributed by atoms with Gasteiger partial charge in [0.25, 0.3) is 0 Å². The predicted octanol–water partition coefficient (Wildman–Crippen LogP) is 0.0811. The van der Waals surface area contributed by atoms with Crippen LogP contribution >= 0.6 is 0 Å². The number of hydrogen-bond donors (Lipinski definition) is 1. The molecule has 0 aromatic heterocycles. The molecular formula is C11H25N3O2S. The molecule has 6 heteroatoms. The summed E-state index contributed by atoms with van der Waals surface area (Å²) in [5.74, 6) is 0.223. The lowest BCUT2D eigenvalue weighted by atomic mass is 10.1. The van der Waals surface area contributed by atoms with Gasteiger partial charge in [0.05, 0.1) is 5.75 Å². The van der Waals surface area contributed by atoms with Crippen molar-refractivity contribution in [3.05, 3.63) is 0 Å². The number of sulfonamides is 1. The molecule has 17 heavy (non-hydrogen) atoms. The van der Waals surface area contributed by atoms with Gasteiger partial charge in [0.2, 0.25) is 10.0 Å². The summed E-state index contributed by atoms with van der Waals surface area (Å²) in [6.07, 6.45) is 3.48. The van der Waals surface area contributed by atoms with Crippen molar-refractivity contribution in [3.63, 3.8) is 0 Å². The monoisotopic (exact) mass is 263 g/mol. The van der Waals surface area contributed by atoms with Gasteiger partial charge in [0, 0.05) is 19.6 Å². The van der Waals surface area contributed by atoms with E-state index in [0.29, 0.717) is 13.0 Å². The fourth-order valence-electron chi connectivity index (χ4n) is 2.24. The molecule has 1 atom stereocenters. The van der Waals surface area contributed by atoms with Gasteiger partial charge in [-0.05, 0) is 45.8 Å². The Morgan fingerprint density at radius 1 is 1.41 bits per heavy atom. The van der Waals surface area contributed by atoms with Crippen LogP contribution in [0.2, 0.25) is 0 Å². The fourth-order valence-corrected chi connectivity index (χ4v) is 3.72. The van der Waals surface area contributed by atoms with Gasteiger partial charge in [0.1, 0.15) is 0 Å². The third kappa shape index (κ3) is 4.54. The van der Waals surface area contributed by atoms with Gasteiger partial charge in [-0.2, -0.15) is 0 Å². The molecule has 1 aliphatic rings. The third-order valence-electron chi connectivity index (χ3n) is 3.41. The molecule has 0 aromatic carbocycles. The van der Waals surface area contributed by atoms with E-state index in [4.69, 9.17) is 5.73 Å². The Balaban J connectivity index is 2.51. The van der Waals surface area contributed by atoms with Gasteiger partial charge in [-0.3, -0.25) is 0 Å². The van der Waals surface area contributed by atoms with Gasteiger partial charge >= 0.3 is 0 Å². The zero-order valence-electron chi connectivity index (χ0n) is 10.9. The number of likely N-dealkylation sites (N-methyl/N-ethyl adjacent to an activating group) is 2. The van der Waals surface area contributed by atoms with Gasteiger partial charge in [-0.1, -0.05) is 0 Å². The topological polar surface area (TPSA) is 66.6 Å². The molecule has 2 N–H and O–H groups in total. The summed E-state index contributed by atoms with van der Waals surface area (Å²) in [5.41, 5.74) is 5.38. The molecule has 1 aliphatic heterocycles. The van der Waals surface area contributed by atoms with Crippen LogP contribution in [0.4, 0.5) is 0 Å². The number of nitrogens with zero attached hydrogens (tertiary/aromatic N) is 2. The van der Waals surface area contributed by atoms with Crippen molar-refractivity contribution in [1.29, 1.82) is 0 Å². The Hall–Kier alpha value is -0.170. The molecule has 1 saturated heterocycles. The number of piperidine rings is 1. The predicted molar refractivity (Wildman–Crippen MR) is 70.4 cm³/mol. The van der Waals surface area contributed by atoms with Crippen molar-refractivity contribution in [2.75, 3.05) is 39.5 Å². The number of unbranched alkanes of at least 4 members (excludes halogenated alkanes) is 1. The van der Waals surface area contributed by atoms with E-state index in [1.165, 1.54) is 0 Å². The molecule has 0 saturated carbocycles. The van der Waals surface area contributed by atoms with Crippen LogP contribution < -0.4 is 5.73 Å². The molecular weight excluding hydrogens is 238 g/mol. The summed E-state index contributed by atoms with van der Waals surface area (Å²) < 4.78 is 25.7. The molecule has 0 radical (unpaired) electrons. The maximum atomic E-state index is 12.1. The van der Waals surface area contributed by atoms with Crippen molar-refractivity contribution >= 4 is 10.0 Å². The normalized spacial score (nSPS) is 23.2. The molecule has 0 amide bonds. The first kappa shape index (κ1) is 14.9. The molecule has 0 bridgehead atoms. The highest BCUT2D eigenvalue weighted by molar-refractivity contribution is 7.89. The summed E-state index contributed by atoms with van der Waals surface area (Å²) >= 11 is 0. The lowest BCUT2D eigenvalue weighted by molar-refractivity contribution is 0.187. The highest BCUT2D eigenvalue weighted by Gasteiger charge is 2.28. The van der Waals surface area contributed by atoms with Gasteiger partial charge in [0.15, 0.2) is 0 Å². The Labute approximate surface area is 105 Å². The largest absolute Gasteiger partial charge is 0.330 e. The first-order valence-corrected chi connectivity index (χ1v) is 7.92. The molecule has 102 valence electrons. The van der Waals surface area contributed by atoms with Crippen LogP contribution in [0.15, 0.2) is 0 Å². The number of likely N-dealkylation sites (tertiary alicyclic amines) is 1. The minimum Gasteiger partial charge on any atom is -0.330 e. The van der Waals surface area contributed by atoms with Gasteiger partial charge in [-0.25, -0.2) is 12.7 Å². The quantitative estimate of drug-likeness (QED) is 0.689. The number of hydrogen-bond acceptors (Lipinski definition) is 4. The molecule has 0 aromatic rings. The lowest BCUT2D eigenvalue weighted by Crippen LogP contribution is -2.47. The first-order valence-electron chi connectivity index (χ1n) is 6.31. The van der Waals surface area contributed by atoms with Crippen molar-refractivity contribution in [3.8, 4) is 0 Å². The van der Waals surface area contributed by atoms with Crippen LogP contribution in [0.25, 0.3) is 0 Å². The van der Waals surface area contributed by atoms with E-state index < -0.39 is 10.0 Å². The summed E-state index contributed by atoms with van der Waals surface area (Å²) in [4.78, 5) is 2.19. The SMILES string of the molecule is CN1CCCC(N(C)S(=O)(=O)CCCCN)C1. The lowest BCUT2D eigenvalue weighted by Gasteiger charge is -2.35. The summed E-state index contributed by atoms with van der Waals surface area (Å²) in [7, 11) is 0.648. The average Bonchev–Trinajstić information content (AvgIpc) is 2.28. The summed E-state index contributed by atoms with van der Waals surface area (Å²) in [6.45, 7) is 2.47. The number of rotatable bonds is 6. The van der Waals surface area contributed by atoms with E-state index in [9.17, 15) is 8.42 Å². The minimum atomic E-state index is -3.10. The molecule has 1 rings (SSSR count). The highest BCUT2D eigenvalue weighted by atomic mass is 32.2. The van der Waals surface area contributed by atoms with E-state index >= 15 is 0 Å². The third-order valence-corrected chi connectivity index (χ3v) is 5.39. The zero-order chi connectivity index (χ0) is 12.9. The smallest absolute Gasteiger partial charge is 0.214 e. The van der Waals surface area contributed by atoms with Crippen LogP contribution in [0, 0.1) is 0 Å². The van der Waals surface area contributed by atoms with E-state index in [1.54, 1.807) is 11.4 Å². The molecule has 0 spiro atoms. The van der Waals surface area contributed by atoms with Crippen LogP contribution in [-0.4, -0.2) is 63.1 Å². The molecule has 1 heterocycles. The zero-order valence-corrected chi connectivity index (χ0v) is 11.7. The standard InChI is InChI=1S/C11H25N3O2S/c1-13-8-5-6-11(10-13)14(2)17(15,16)9-4-3-7-12/h11H,3-10,12H2,1-2H3. The van der Waals surface area contributed by atoms with E-state index in [0.717, 1.165) is 32.4 Å². The number of nitrogens with two attached hydrogens (primary N) is 1. The maximum Gasteiger partial charge on any atom is 0.214 e. The van der Waals surface area contributed by atoms with Crippen LogP contribution in [0.3, 0.4) is 0 Å². The van der Waals surface area contributed by atoms with Crippen molar-refractivity contribution in [2.24, 2.45) is 5.73 Å². The van der Waals surface area contributed by atoms with Crippen molar-refractivity contribution < 1.29 is 8.42 Å². The van der Waals surface area contributed by atoms with Crippen LogP contribution in [0.1, 0.15) is 25.7 Å². The maximum absolute atomic E-state index is 12.1. The molecule has 0 aliphatic carbocycles.